The van der Waals surface area contributed by atoms with Crippen LogP contribution in [-0.4, -0.2) is 42.6 Å². The molecule has 3 aromatic rings. The fraction of sp³-hybridized carbons (Fsp3) is 0.382. The van der Waals surface area contributed by atoms with Gasteiger partial charge < -0.3 is 5.73 Å². The van der Waals surface area contributed by atoms with Gasteiger partial charge in [0.1, 0.15) is 6.04 Å². The number of carbonyl (C=O) groups excluding carboxylic acids is 2. The van der Waals surface area contributed by atoms with Crippen molar-refractivity contribution in [1.82, 2.24) is 0 Å². The highest BCUT2D eigenvalue weighted by molar-refractivity contribution is 7.93. The highest BCUT2D eigenvalue weighted by Crippen LogP contribution is 2.44. The number of primary amides is 1. The first-order valence-corrected chi connectivity index (χ1v) is 16.2. The highest BCUT2D eigenvalue weighted by Gasteiger charge is 2.56. The van der Waals surface area contributed by atoms with E-state index in [1.807, 2.05) is 60.7 Å². The van der Waals surface area contributed by atoms with Crippen LogP contribution < -0.4 is 5.73 Å². The Morgan fingerprint density at radius 1 is 0.929 bits per heavy atom. The Morgan fingerprint density at radius 3 is 1.93 bits per heavy atom. The first-order chi connectivity index (χ1) is 20.1. The third kappa shape index (κ3) is 5.64. The summed E-state index contributed by atoms with van der Waals surface area (Å²) in [5.74, 6) is -0.587. The summed E-state index contributed by atoms with van der Waals surface area (Å²) in [5, 5.41) is 9.56. The maximum Gasteiger partial charge on any atom is 0.315 e. The van der Waals surface area contributed by atoms with E-state index in [2.05, 4.69) is 6.07 Å². The van der Waals surface area contributed by atoms with Crippen LogP contribution in [-0.2, 0) is 24.2 Å². The van der Waals surface area contributed by atoms with E-state index in [1.54, 1.807) is 44.2 Å². The number of rotatable bonds is 12. The summed E-state index contributed by atoms with van der Waals surface area (Å²) in [7, 11) is -3.85. The number of nitriles is 1. The van der Waals surface area contributed by atoms with Crippen molar-refractivity contribution >= 4 is 21.7 Å². The van der Waals surface area contributed by atoms with Crippen molar-refractivity contribution in [3.8, 4) is 6.07 Å². The summed E-state index contributed by atoms with van der Waals surface area (Å²) >= 11 is 0. The molecular weight excluding hydrogens is 546 g/mol. The smallest absolute Gasteiger partial charge is 0.315 e. The molecule has 4 rings (SSSR count). The first-order valence-electron chi connectivity index (χ1n) is 14.6. The molecule has 42 heavy (non-hydrogen) atoms. The lowest BCUT2D eigenvalue weighted by atomic mass is 9.91. The average molecular weight is 587 g/mol. The zero-order valence-corrected chi connectivity index (χ0v) is 25.2. The molecule has 1 aliphatic heterocycles. The molecule has 1 fully saturated rings. The van der Waals surface area contributed by atoms with E-state index in [4.69, 9.17) is 5.73 Å². The minimum atomic E-state index is -3.85. The molecule has 2 unspecified atom stereocenters. The molecule has 0 spiro atoms. The normalized spacial score (nSPS) is 20.2. The predicted octanol–water partition coefficient (Wildman–Crippen LogP) is 5.57. The van der Waals surface area contributed by atoms with Crippen molar-refractivity contribution < 1.29 is 22.5 Å². The van der Waals surface area contributed by atoms with E-state index in [0.29, 0.717) is 37.8 Å². The second-order valence-electron chi connectivity index (χ2n) is 11.4. The molecule has 3 aromatic carbocycles. The minimum Gasteiger partial charge on any atom is -0.364 e. The Kier molecular flexibility index (Phi) is 9.65. The van der Waals surface area contributed by atoms with Gasteiger partial charge in [0.2, 0.25) is 0 Å². The molecule has 2 amide bonds. The number of unbranched alkanes of at least 4 members (excludes halogenated alkanes) is 1. The SMILES string of the molecule is CC(C)S(=O)(=O)C(C#N)(CCCCC(=O)[N@@+]1(C(c2ccccc2)c2ccccc2)CCCC1C(N)=O)c1ccccc1. The molecular formula is C34H40N3O4S+. The molecule has 220 valence electrons. The summed E-state index contributed by atoms with van der Waals surface area (Å²) in [6.07, 6.45) is 2.15. The van der Waals surface area contributed by atoms with Crippen LogP contribution in [0.15, 0.2) is 91.0 Å². The molecule has 1 saturated heterocycles. The zero-order chi connectivity index (χ0) is 30.4. The Hall–Kier alpha value is -3.80. The number of hydrogen-bond donors (Lipinski definition) is 1. The Balaban J connectivity index is 1.67. The Morgan fingerprint density at radius 2 is 1.45 bits per heavy atom. The van der Waals surface area contributed by atoms with E-state index >= 15 is 0 Å². The van der Waals surface area contributed by atoms with Gasteiger partial charge in [-0.2, -0.15) is 5.26 Å². The Labute approximate surface area is 249 Å². The number of likely N-dealkylation sites (tertiary alicyclic amines) is 1. The molecule has 1 aliphatic rings. The number of amides is 2. The number of carbonyl (C=O) groups is 2. The van der Waals surface area contributed by atoms with Gasteiger partial charge in [-0.05, 0) is 38.7 Å². The van der Waals surface area contributed by atoms with Crippen molar-refractivity contribution in [3.63, 3.8) is 0 Å². The molecule has 0 saturated carbocycles. The lowest BCUT2D eigenvalue weighted by molar-refractivity contribution is -0.882. The standard InChI is InChI=1S/C34H39N3O4S/c1-26(2)42(40,41)34(25-35,29-19-10-5-11-20-29)23-13-12-22-31(38)37(24-14-21-30(37)33(36)39)32(27-15-6-3-7-16-27)28-17-8-4-9-18-28/h3-11,15-20,26,30,32H,12-14,21-24H2,1-2H3,(H-,36,39)/p+1/t30?,34?,37-/m1/s1. The number of benzene rings is 3. The van der Waals surface area contributed by atoms with Crippen LogP contribution >= 0.6 is 0 Å². The quantitative estimate of drug-likeness (QED) is 0.220. The van der Waals surface area contributed by atoms with Crippen LogP contribution in [0.2, 0.25) is 0 Å². The van der Waals surface area contributed by atoms with Crippen LogP contribution in [0.25, 0.3) is 0 Å². The monoisotopic (exact) mass is 586 g/mol. The first kappa shape index (κ1) is 31.1. The molecule has 2 N–H and O–H groups in total. The highest BCUT2D eigenvalue weighted by atomic mass is 32.2. The van der Waals surface area contributed by atoms with Crippen LogP contribution in [0.4, 0.5) is 0 Å². The summed E-state index contributed by atoms with van der Waals surface area (Å²) in [6, 6.07) is 29.2. The topological polar surface area (TPSA) is 118 Å². The maximum absolute atomic E-state index is 14.4. The van der Waals surface area contributed by atoms with Crippen LogP contribution in [0, 0.1) is 11.3 Å². The molecule has 7 nitrogen and oxygen atoms in total. The summed E-state index contributed by atoms with van der Waals surface area (Å²) in [6.45, 7) is 3.66. The van der Waals surface area contributed by atoms with Gasteiger partial charge in [0.25, 0.3) is 5.91 Å². The van der Waals surface area contributed by atoms with Crippen molar-refractivity contribution in [3.05, 3.63) is 108 Å². The second kappa shape index (κ2) is 13.0. The van der Waals surface area contributed by atoms with Crippen molar-refractivity contribution in [2.45, 2.75) is 74.5 Å². The van der Waals surface area contributed by atoms with Crippen molar-refractivity contribution in [2.75, 3.05) is 6.54 Å². The number of nitrogens with zero attached hydrogens (tertiary/aromatic N) is 2. The predicted molar refractivity (Wildman–Crippen MR) is 163 cm³/mol. The largest absolute Gasteiger partial charge is 0.364 e. The van der Waals surface area contributed by atoms with Gasteiger partial charge in [0.05, 0.1) is 24.3 Å². The average Bonchev–Trinajstić information content (AvgIpc) is 3.45. The van der Waals surface area contributed by atoms with Crippen molar-refractivity contribution in [2.24, 2.45) is 5.73 Å². The zero-order valence-electron chi connectivity index (χ0n) is 24.4. The van der Waals surface area contributed by atoms with E-state index < -0.39 is 37.8 Å². The van der Waals surface area contributed by atoms with Crippen molar-refractivity contribution in [1.29, 1.82) is 5.26 Å². The molecule has 0 radical (unpaired) electrons. The summed E-state index contributed by atoms with van der Waals surface area (Å²) in [4.78, 5) is 27.3. The second-order valence-corrected chi connectivity index (χ2v) is 14.2. The van der Waals surface area contributed by atoms with Gasteiger partial charge in [-0.15, -0.1) is 0 Å². The van der Waals surface area contributed by atoms with E-state index in [-0.39, 0.29) is 23.2 Å². The minimum absolute atomic E-state index is 0.0708. The number of quaternary nitrogens is 1. The Bertz CT molecular complexity index is 1480. The lowest BCUT2D eigenvalue weighted by Crippen LogP contribution is -2.62. The maximum atomic E-state index is 14.4. The van der Waals surface area contributed by atoms with Gasteiger partial charge >= 0.3 is 5.91 Å². The van der Waals surface area contributed by atoms with Gasteiger partial charge in [0.15, 0.2) is 20.6 Å². The summed E-state index contributed by atoms with van der Waals surface area (Å²) < 4.78 is 25.3. The van der Waals surface area contributed by atoms with Gasteiger partial charge in [0, 0.05) is 24.0 Å². The number of sulfone groups is 1. The fourth-order valence-electron chi connectivity index (χ4n) is 6.65. The molecule has 8 heteroatoms. The fourth-order valence-corrected chi connectivity index (χ4v) is 8.48. The van der Waals surface area contributed by atoms with Crippen LogP contribution in [0.5, 0.6) is 0 Å². The van der Waals surface area contributed by atoms with Gasteiger partial charge in [-0.3, -0.25) is 4.79 Å². The van der Waals surface area contributed by atoms with Crippen LogP contribution in [0.1, 0.15) is 75.1 Å². The van der Waals surface area contributed by atoms with E-state index in [0.717, 1.165) is 11.1 Å². The van der Waals surface area contributed by atoms with E-state index in [1.165, 1.54) is 0 Å². The van der Waals surface area contributed by atoms with Gasteiger partial charge in [-0.25, -0.2) is 17.7 Å². The third-order valence-electron chi connectivity index (χ3n) is 8.74. The molecule has 0 aliphatic carbocycles. The lowest BCUT2D eigenvalue weighted by Gasteiger charge is -2.43. The molecule has 3 atom stereocenters. The van der Waals surface area contributed by atoms with E-state index in [9.17, 15) is 23.3 Å². The summed E-state index contributed by atoms with van der Waals surface area (Å²) in [5.41, 5.74) is 8.27. The van der Waals surface area contributed by atoms with Crippen LogP contribution in [0.3, 0.4) is 0 Å². The number of nitrogens with two attached hydrogens (primary N) is 1. The number of hydrogen-bond acceptors (Lipinski definition) is 5. The molecule has 1 heterocycles. The molecule has 0 aromatic heterocycles. The van der Waals surface area contributed by atoms with Gasteiger partial charge in [-0.1, -0.05) is 91.0 Å². The third-order valence-corrected chi connectivity index (χ3v) is 11.5. The molecule has 0 bridgehead atoms.